The Balaban J connectivity index is 2.92. The number of alkyl halides is 3. The zero-order chi connectivity index (χ0) is 10.8. The summed E-state index contributed by atoms with van der Waals surface area (Å²) in [5.74, 6) is 4.71. The molecule has 3 N–H and O–H groups in total. The number of ether oxygens (including phenoxy) is 1. The fraction of sp³-hybridized carbons (Fsp3) is 0.143. The Hall–Kier alpha value is -0.950. The van der Waals surface area contributed by atoms with Gasteiger partial charge < -0.3 is 10.2 Å². The van der Waals surface area contributed by atoms with E-state index in [-0.39, 0.29) is 5.75 Å². The van der Waals surface area contributed by atoms with Crippen LogP contribution in [0.5, 0.6) is 5.75 Å². The molecule has 1 rings (SSSR count). The molecule has 0 heterocycles. The van der Waals surface area contributed by atoms with Gasteiger partial charge in [-0.1, -0.05) is 15.9 Å². The molecule has 0 atom stereocenters. The maximum atomic E-state index is 11.8. The number of benzene rings is 1. The lowest BCUT2D eigenvalue weighted by Gasteiger charge is -2.10. The average molecular weight is 271 g/mol. The van der Waals surface area contributed by atoms with Gasteiger partial charge in [-0.05, 0) is 12.1 Å². The van der Waals surface area contributed by atoms with Crippen LogP contribution in [0.1, 0.15) is 0 Å². The molecule has 7 heteroatoms. The molecular weight excluding hydrogens is 265 g/mol. The van der Waals surface area contributed by atoms with Crippen molar-refractivity contribution in [1.29, 1.82) is 0 Å². The van der Waals surface area contributed by atoms with E-state index in [0.29, 0.717) is 10.2 Å². The molecule has 78 valence electrons. The summed E-state index contributed by atoms with van der Waals surface area (Å²) in [6, 6.07) is 3.84. The second kappa shape index (κ2) is 4.05. The van der Waals surface area contributed by atoms with Crippen LogP contribution in [0.3, 0.4) is 0 Å². The van der Waals surface area contributed by atoms with Crippen molar-refractivity contribution in [2.75, 3.05) is 5.43 Å². The van der Waals surface area contributed by atoms with Crippen LogP contribution >= 0.6 is 15.9 Å². The number of anilines is 1. The fourth-order valence-electron chi connectivity index (χ4n) is 0.839. The summed E-state index contributed by atoms with van der Waals surface area (Å²) in [4.78, 5) is 0. The van der Waals surface area contributed by atoms with Gasteiger partial charge in [-0.3, -0.25) is 5.84 Å². The number of hydrogen-bond donors (Lipinski definition) is 2. The molecular formula is C7H6BrF3N2O. The van der Waals surface area contributed by atoms with Crippen LogP contribution in [0.15, 0.2) is 22.7 Å². The summed E-state index contributed by atoms with van der Waals surface area (Å²) in [5, 5.41) is 0. The second-order valence-corrected chi connectivity index (χ2v) is 3.28. The molecule has 3 nitrogen and oxygen atoms in total. The number of hydrazine groups is 1. The van der Waals surface area contributed by atoms with Crippen molar-refractivity contribution in [1.82, 2.24) is 0 Å². The molecule has 0 aliphatic carbocycles. The molecule has 0 radical (unpaired) electrons. The highest BCUT2D eigenvalue weighted by molar-refractivity contribution is 9.10. The van der Waals surface area contributed by atoms with E-state index in [1.54, 1.807) is 0 Å². The van der Waals surface area contributed by atoms with Crippen molar-refractivity contribution in [2.24, 2.45) is 5.84 Å². The van der Waals surface area contributed by atoms with Gasteiger partial charge in [-0.15, -0.1) is 13.2 Å². The molecule has 14 heavy (non-hydrogen) atoms. The van der Waals surface area contributed by atoms with Crippen molar-refractivity contribution < 1.29 is 17.9 Å². The van der Waals surface area contributed by atoms with E-state index in [2.05, 4.69) is 26.1 Å². The number of hydrogen-bond acceptors (Lipinski definition) is 3. The quantitative estimate of drug-likeness (QED) is 0.642. The number of rotatable bonds is 2. The van der Waals surface area contributed by atoms with E-state index in [4.69, 9.17) is 5.84 Å². The second-order valence-electron chi connectivity index (χ2n) is 2.37. The number of nitrogen functional groups attached to an aromatic ring is 1. The lowest BCUT2D eigenvalue weighted by Crippen LogP contribution is -2.17. The van der Waals surface area contributed by atoms with E-state index < -0.39 is 6.36 Å². The van der Waals surface area contributed by atoms with Gasteiger partial charge in [0.15, 0.2) is 0 Å². The maximum absolute atomic E-state index is 11.8. The summed E-state index contributed by atoms with van der Waals surface area (Å²) < 4.78 is 39.6. The zero-order valence-electron chi connectivity index (χ0n) is 6.73. The van der Waals surface area contributed by atoms with Crippen LogP contribution in [0.2, 0.25) is 0 Å². The first-order valence-electron chi connectivity index (χ1n) is 3.43. The molecule has 0 saturated carbocycles. The molecule has 0 aliphatic heterocycles. The number of halogens is 4. The lowest BCUT2D eigenvalue weighted by atomic mass is 10.3. The first kappa shape index (κ1) is 11.1. The third kappa shape index (κ3) is 3.43. The van der Waals surface area contributed by atoms with Gasteiger partial charge >= 0.3 is 6.36 Å². The minimum atomic E-state index is -4.70. The molecule has 0 amide bonds. The SMILES string of the molecule is NNc1cc(Br)cc(OC(F)(F)F)c1. The van der Waals surface area contributed by atoms with Crippen molar-refractivity contribution >= 4 is 21.6 Å². The third-order valence-electron chi connectivity index (χ3n) is 1.27. The Labute approximate surface area is 86.1 Å². The van der Waals surface area contributed by atoms with Crippen LogP contribution in [0.25, 0.3) is 0 Å². The zero-order valence-corrected chi connectivity index (χ0v) is 8.32. The van der Waals surface area contributed by atoms with E-state index in [9.17, 15) is 13.2 Å². The van der Waals surface area contributed by atoms with Gasteiger partial charge in [-0.2, -0.15) is 0 Å². The monoisotopic (exact) mass is 270 g/mol. The van der Waals surface area contributed by atoms with Gasteiger partial charge in [0.25, 0.3) is 0 Å². The van der Waals surface area contributed by atoms with Gasteiger partial charge in [0.1, 0.15) is 5.75 Å². The molecule has 1 aromatic rings. The fourth-order valence-corrected chi connectivity index (χ4v) is 1.31. The minimum Gasteiger partial charge on any atom is -0.406 e. The van der Waals surface area contributed by atoms with Crippen molar-refractivity contribution in [3.8, 4) is 5.75 Å². The van der Waals surface area contributed by atoms with E-state index in [1.807, 2.05) is 0 Å². The van der Waals surface area contributed by atoms with E-state index in [0.717, 1.165) is 6.07 Å². The van der Waals surface area contributed by atoms with Crippen molar-refractivity contribution in [2.45, 2.75) is 6.36 Å². The predicted octanol–water partition coefficient (Wildman–Crippen LogP) is 2.63. The third-order valence-corrected chi connectivity index (χ3v) is 1.73. The highest BCUT2D eigenvalue weighted by Crippen LogP contribution is 2.28. The van der Waals surface area contributed by atoms with Crippen LogP contribution < -0.4 is 16.0 Å². The predicted molar refractivity (Wildman–Crippen MR) is 48.6 cm³/mol. The summed E-state index contributed by atoms with van der Waals surface area (Å²) in [6.07, 6.45) is -4.70. The van der Waals surface area contributed by atoms with Crippen LogP contribution in [0, 0.1) is 0 Å². The van der Waals surface area contributed by atoms with Gasteiger partial charge in [0.05, 0.1) is 5.69 Å². The highest BCUT2D eigenvalue weighted by atomic mass is 79.9. The van der Waals surface area contributed by atoms with Crippen LogP contribution in [-0.4, -0.2) is 6.36 Å². The van der Waals surface area contributed by atoms with Crippen LogP contribution in [-0.2, 0) is 0 Å². The molecule has 0 aliphatic rings. The summed E-state index contributed by atoms with van der Waals surface area (Å²) >= 11 is 3.02. The largest absolute Gasteiger partial charge is 0.573 e. The summed E-state index contributed by atoms with van der Waals surface area (Å²) in [7, 11) is 0. The van der Waals surface area contributed by atoms with E-state index >= 15 is 0 Å². The Kier molecular flexibility index (Phi) is 3.22. The Morgan fingerprint density at radius 3 is 2.43 bits per heavy atom. The standard InChI is InChI=1S/C7H6BrF3N2O/c8-4-1-5(13-12)3-6(2-4)14-7(9,10)11/h1-3,13H,12H2. The molecule has 0 bridgehead atoms. The Bertz CT molecular complexity index is 329. The molecule has 0 unspecified atom stereocenters. The molecule has 0 fully saturated rings. The maximum Gasteiger partial charge on any atom is 0.573 e. The number of nitrogens with one attached hydrogen (secondary N) is 1. The van der Waals surface area contributed by atoms with E-state index in [1.165, 1.54) is 12.1 Å². The highest BCUT2D eigenvalue weighted by Gasteiger charge is 2.31. The van der Waals surface area contributed by atoms with Gasteiger partial charge in [0.2, 0.25) is 0 Å². The minimum absolute atomic E-state index is 0.318. The Morgan fingerprint density at radius 1 is 1.29 bits per heavy atom. The molecule has 0 spiro atoms. The topological polar surface area (TPSA) is 47.3 Å². The first-order valence-corrected chi connectivity index (χ1v) is 4.23. The molecule has 1 aromatic carbocycles. The van der Waals surface area contributed by atoms with Crippen molar-refractivity contribution in [3.63, 3.8) is 0 Å². The normalized spacial score (nSPS) is 11.2. The van der Waals surface area contributed by atoms with Crippen LogP contribution in [0.4, 0.5) is 18.9 Å². The van der Waals surface area contributed by atoms with Gasteiger partial charge in [-0.25, -0.2) is 0 Å². The van der Waals surface area contributed by atoms with Crippen molar-refractivity contribution in [3.05, 3.63) is 22.7 Å². The number of nitrogens with two attached hydrogens (primary N) is 1. The molecule has 0 saturated heterocycles. The smallest absolute Gasteiger partial charge is 0.406 e. The lowest BCUT2D eigenvalue weighted by molar-refractivity contribution is -0.274. The van der Waals surface area contributed by atoms with Gasteiger partial charge in [0, 0.05) is 10.5 Å². The molecule has 0 aromatic heterocycles. The Morgan fingerprint density at radius 2 is 1.93 bits per heavy atom. The first-order chi connectivity index (χ1) is 6.40. The average Bonchev–Trinajstić information content (AvgIpc) is 1.99. The summed E-state index contributed by atoms with van der Waals surface area (Å²) in [5.41, 5.74) is 2.53. The summed E-state index contributed by atoms with van der Waals surface area (Å²) in [6.45, 7) is 0.